The minimum absolute atomic E-state index is 0.0218. The molecule has 1 amide bonds. The molecule has 5 rings (SSSR count). The molecule has 32 heavy (non-hydrogen) atoms. The first-order valence-electron chi connectivity index (χ1n) is 10.8. The number of ether oxygens (including phenoxy) is 1. The molecular weight excluding hydrogens is 438 g/mol. The van der Waals surface area contributed by atoms with Crippen molar-refractivity contribution in [2.45, 2.75) is 26.8 Å². The lowest BCUT2D eigenvalue weighted by molar-refractivity contribution is -0.118. The molecule has 0 spiro atoms. The Bertz CT molecular complexity index is 1230. The number of nitrogens with zero attached hydrogens (tertiary/aromatic N) is 2. The van der Waals surface area contributed by atoms with Crippen LogP contribution in [-0.4, -0.2) is 35.5 Å². The van der Waals surface area contributed by atoms with Crippen molar-refractivity contribution < 1.29 is 9.53 Å². The summed E-state index contributed by atoms with van der Waals surface area (Å²) in [6, 6.07) is 15.9. The maximum atomic E-state index is 12.8. The molecule has 3 heterocycles. The zero-order chi connectivity index (χ0) is 22.1. The number of carbonyl (C=O) groups is 1. The number of anilines is 1. The number of benzene rings is 2. The number of hydrogen-bond acceptors (Lipinski definition) is 6. The maximum absolute atomic E-state index is 12.8. The largest absolute Gasteiger partial charge is 0.484 e. The van der Waals surface area contributed by atoms with Crippen molar-refractivity contribution in [1.82, 2.24) is 9.88 Å². The van der Waals surface area contributed by atoms with Crippen LogP contribution >= 0.6 is 22.7 Å². The van der Waals surface area contributed by atoms with Crippen LogP contribution in [0.5, 0.6) is 5.75 Å². The average Bonchev–Trinajstić information content (AvgIpc) is 3.38. The topological polar surface area (TPSA) is 54.5 Å². The number of aromatic nitrogens is 1. The standard InChI is InChI=1S/C25H25N3O2S2/c1-3-28-13-12-18-21(14-28)32-25(23(18)24-26-19-6-4-5-7-20(19)31-24)27-22(29)15-30-17-10-8-16(2)9-11-17/h4-11H,3,12-15H2,1-2H3,(H,27,29). The van der Waals surface area contributed by atoms with E-state index in [9.17, 15) is 4.79 Å². The zero-order valence-corrected chi connectivity index (χ0v) is 19.8. The van der Waals surface area contributed by atoms with Crippen molar-refractivity contribution in [3.63, 3.8) is 0 Å². The molecule has 0 atom stereocenters. The number of thiophene rings is 1. The molecule has 5 nitrogen and oxygen atoms in total. The van der Waals surface area contributed by atoms with Gasteiger partial charge in [0.05, 0.1) is 10.2 Å². The highest BCUT2D eigenvalue weighted by Gasteiger charge is 2.27. The summed E-state index contributed by atoms with van der Waals surface area (Å²) >= 11 is 3.36. The Labute approximate surface area is 195 Å². The Balaban J connectivity index is 1.43. The fourth-order valence-corrected chi connectivity index (χ4v) is 6.38. The van der Waals surface area contributed by atoms with Crippen LogP contribution in [0, 0.1) is 6.92 Å². The summed E-state index contributed by atoms with van der Waals surface area (Å²) in [6.45, 7) is 7.18. The second-order valence-electron chi connectivity index (χ2n) is 7.96. The molecule has 2 aromatic carbocycles. The van der Waals surface area contributed by atoms with Crippen LogP contribution in [0.25, 0.3) is 20.8 Å². The summed E-state index contributed by atoms with van der Waals surface area (Å²) in [4.78, 5) is 21.4. The molecule has 2 aromatic heterocycles. The van der Waals surface area contributed by atoms with Crippen LogP contribution in [0.3, 0.4) is 0 Å². The fourth-order valence-electron chi connectivity index (χ4n) is 3.97. The van der Waals surface area contributed by atoms with E-state index in [2.05, 4.69) is 23.2 Å². The number of amides is 1. The van der Waals surface area contributed by atoms with Crippen molar-refractivity contribution in [3.8, 4) is 16.3 Å². The quantitative estimate of drug-likeness (QED) is 0.397. The van der Waals surface area contributed by atoms with Gasteiger partial charge in [-0.3, -0.25) is 9.69 Å². The zero-order valence-electron chi connectivity index (χ0n) is 18.2. The van der Waals surface area contributed by atoms with Crippen LogP contribution in [0.1, 0.15) is 22.9 Å². The number of aryl methyl sites for hydroxylation is 1. The molecule has 1 aliphatic heterocycles. The van der Waals surface area contributed by atoms with E-state index in [1.165, 1.54) is 10.4 Å². The van der Waals surface area contributed by atoms with Gasteiger partial charge in [-0.2, -0.15) is 0 Å². The average molecular weight is 464 g/mol. The molecule has 0 saturated heterocycles. The summed E-state index contributed by atoms with van der Waals surface area (Å²) in [7, 11) is 0. The summed E-state index contributed by atoms with van der Waals surface area (Å²) in [5.41, 5.74) is 4.57. The van der Waals surface area contributed by atoms with Gasteiger partial charge in [-0.15, -0.1) is 22.7 Å². The smallest absolute Gasteiger partial charge is 0.262 e. The SMILES string of the molecule is CCN1CCc2c(sc(NC(=O)COc3ccc(C)cc3)c2-c2nc3ccccc3s2)C1. The van der Waals surface area contributed by atoms with Crippen molar-refractivity contribution in [2.75, 3.05) is 25.0 Å². The molecular formula is C25H25N3O2S2. The lowest BCUT2D eigenvalue weighted by Gasteiger charge is -2.25. The Morgan fingerprint density at radius 2 is 1.97 bits per heavy atom. The van der Waals surface area contributed by atoms with E-state index < -0.39 is 0 Å². The van der Waals surface area contributed by atoms with Gasteiger partial charge in [-0.05, 0) is 49.7 Å². The lowest BCUT2D eigenvalue weighted by atomic mass is 10.0. The predicted molar refractivity (Wildman–Crippen MR) is 133 cm³/mol. The Morgan fingerprint density at radius 3 is 2.75 bits per heavy atom. The number of fused-ring (bicyclic) bond motifs is 2. The van der Waals surface area contributed by atoms with E-state index in [0.717, 1.165) is 57.4 Å². The number of carbonyl (C=O) groups excluding carboxylic acids is 1. The number of hydrogen-bond donors (Lipinski definition) is 1. The van der Waals surface area contributed by atoms with Gasteiger partial charge in [0.2, 0.25) is 0 Å². The van der Waals surface area contributed by atoms with Gasteiger partial charge >= 0.3 is 0 Å². The third kappa shape index (κ3) is 4.28. The molecule has 0 aliphatic carbocycles. The predicted octanol–water partition coefficient (Wildman–Crippen LogP) is 5.73. The summed E-state index contributed by atoms with van der Waals surface area (Å²) in [5.74, 6) is 0.542. The molecule has 4 aromatic rings. The number of thiazole rings is 1. The number of para-hydroxylation sites is 1. The molecule has 7 heteroatoms. The molecule has 1 N–H and O–H groups in total. The first-order chi connectivity index (χ1) is 15.6. The van der Waals surface area contributed by atoms with Crippen molar-refractivity contribution >= 4 is 43.8 Å². The van der Waals surface area contributed by atoms with Crippen molar-refractivity contribution in [2.24, 2.45) is 0 Å². The van der Waals surface area contributed by atoms with Gasteiger partial charge in [0.1, 0.15) is 15.8 Å². The Kier molecular flexibility index (Phi) is 5.95. The first kappa shape index (κ1) is 21.1. The highest BCUT2D eigenvalue weighted by atomic mass is 32.1. The van der Waals surface area contributed by atoms with E-state index in [1.54, 1.807) is 22.7 Å². The highest BCUT2D eigenvalue weighted by Crippen LogP contribution is 2.45. The minimum Gasteiger partial charge on any atom is -0.484 e. The van der Waals surface area contributed by atoms with E-state index in [4.69, 9.17) is 9.72 Å². The van der Waals surface area contributed by atoms with Gasteiger partial charge in [0.25, 0.3) is 5.91 Å². The van der Waals surface area contributed by atoms with Crippen molar-refractivity contribution in [1.29, 1.82) is 0 Å². The van der Waals surface area contributed by atoms with Gasteiger partial charge in [-0.1, -0.05) is 36.8 Å². The van der Waals surface area contributed by atoms with Crippen LogP contribution in [-0.2, 0) is 17.8 Å². The van der Waals surface area contributed by atoms with Crippen molar-refractivity contribution in [3.05, 3.63) is 64.5 Å². The molecule has 164 valence electrons. The van der Waals surface area contributed by atoms with E-state index in [1.807, 2.05) is 49.4 Å². The highest BCUT2D eigenvalue weighted by molar-refractivity contribution is 7.22. The summed E-state index contributed by atoms with van der Waals surface area (Å²) in [6.07, 6.45) is 0.973. The minimum atomic E-state index is -0.154. The van der Waals surface area contributed by atoms with Crippen LogP contribution in [0.2, 0.25) is 0 Å². The molecule has 0 fully saturated rings. The van der Waals surface area contributed by atoms with Crippen LogP contribution < -0.4 is 10.1 Å². The van der Waals surface area contributed by atoms with Gasteiger partial charge in [-0.25, -0.2) is 4.98 Å². The second kappa shape index (κ2) is 9.02. The summed E-state index contributed by atoms with van der Waals surface area (Å²) < 4.78 is 6.86. The second-order valence-corrected chi connectivity index (χ2v) is 10.1. The number of nitrogens with one attached hydrogen (secondary N) is 1. The van der Waals surface area contributed by atoms with E-state index >= 15 is 0 Å². The van der Waals surface area contributed by atoms with Crippen LogP contribution in [0.15, 0.2) is 48.5 Å². The van der Waals surface area contributed by atoms with Gasteiger partial charge in [0.15, 0.2) is 6.61 Å². The molecule has 0 saturated carbocycles. The normalized spacial score (nSPS) is 13.8. The monoisotopic (exact) mass is 463 g/mol. The first-order valence-corrected chi connectivity index (χ1v) is 12.5. The summed E-state index contributed by atoms with van der Waals surface area (Å²) in [5, 5.41) is 4.98. The Hall–Kier alpha value is -2.74. The third-order valence-corrected chi connectivity index (χ3v) is 7.92. The van der Waals surface area contributed by atoms with E-state index in [-0.39, 0.29) is 12.5 Å². The van der Waals surface area contributed by atoms with Gasteiger partial charge in [0, 0.05) is 23.5 Å². The Morgan fingerprint density at radius 1 is 1.16 bits per heavy atom. The molecule has 0 bridgehead atoms. The fraction of sp³-hybridized carbons (Fsp3) is 0.280. The molecule has 0 radical (unpaired) electrons. The molecule has 1 aliphatic rings. The third-order valence-electron chi connectivity index (χ3n) is 5.73. The van der Waals surface area contributed by atoms with Gasteiger partial charge < -0.3 is 10.1 Å². The van der Waals surface area contributed by atoms with E-state index in [0.29, 0.717) is 5.75 Å². The lowest BCUT2D eigenvalue weighted by Crippen LogP contribution is -2.29. The molecule has 0 unspecified atom stereocenters. The maximum Gasteiger partial charge on any atom is 0.262 e. The number of rotatable bonds is 6. The van der Waals surface area contributed by atoms with Crippen LogP contribution in [0.4, 0.5) is 5.00 Å². The number of likely N-dealkylation sites (N-methyl/N-ethyl adjacent to an activating group) is 1.